The third kappa shape index (κ3) is 2.94. The van der Waals surface area contributed by atoms with Gasteiger partial charge in [-0.05, 0) is 19.8 Å². The van der Waals surface area contributed by atoms with Gasteiger partial charge >= 0.3 is 0 Å². The van der Waals surface area contributed by atoms with E-state index in [1.165, 1.54) is 0 Å². The highest BCUT2D eigenvalue weighted by molar-refractivity contribution is 5.84. The Morgan fingerprint density at radius 3 is 2.50 bits per heavy atom. The van der Waals surface area contributed by atoms with E-state index in [1.807, 2.05) is 19.9 Å². The number of aromatic nitrogens is 1. The summed E-state index contributed by atoms with van der Waals surface area (Å²) in [5.74, 6) is 1.13. The molecule has 0 aliphatic carbocycles. The van der Waals surface area contributed by atoms with E-state index in [4.69, 9.17) is 4.52 Å². The third-order valence-corrected chi connectivity index (χ3v) is 3.51. The molecule has 1 aromatic rings. The molecular weight excluding hydrogens is 202 g/mol. The second-order valence-corrected chi connectivity index (χ2v) is 4.63. The highest BCUT2D eigenvalue weighted by atomic mass is 16.5. The predicted octanol–water partition coefficient (Wildman–Crippen LogP) is 3.31. The van der Waals surface area contributed by atoms with Gasteiger partial charge in [0.1, 0.15) is 11.5 Å². The quantitative estimate of drug-likeness (QED) is 0.743. The number of hydrogen-bond acceptors (Lipinski definition) is 3. The SMILES string of the molecule is CCC(C)(CC)C(=O)CCc1cc(C)no1. The monoisotopic (exact) mass is 223 g/mol. The summed E-state index contributed by atoms with van der Waals surface area (Å²) in [4.78, 5) is 12.0. The largest absolute Gasteiger partial charge is 0.361 e. The zero-order valence-electron chi connectivity index (χ0n) is 10.7. The van der Waals surface area contributed by atoms with Crippen molar-refractivity contribution in [3.63, 3.8) is 0 Å². The van der Waals surface area contributed by atoms with Crippen molar-refractivity contribution in [2.24, 2.45) is 5.41 Å². The van der Waals surface area contributed by atoms with Crippen LogP contribution < -0.4 is 0 Å². The average Bonchev–Trinajstić information content (AvgIpc) is 2.70. The van der Waals surface area contributed by atoms with Crippen molar-refractivity contribution in [1.29, 1.82) is 0 Å². The maximum atomic E-state index is 12.0. The molecule has 0 saturated heterocycles. The molecule has 1 aromatic heterocycles. The Hall–Kier alpha value is -1.12. The van der Waals surface area contributed by atoms with E-state index in [0.717, 1.165) is 24.3 Å². The van der Waals surface area contributed by atoms with Crippen molar-refractivity contribution in [3.05, 3.63) is 17.5 Å². The standard InChI is InChI=1S/C13H21NO2/c1-5-13(4,6-2)12(15)8-7-11-9-10(3)14-16-11/h9H,5-8H2,1-4H3. The van der Waals surface area contributed by atoms with Crippen LogP contribution in [0.1, 0.15) is 51.5 Å². The summed E-state index contributed by atoms with van der Waals surface area (Å²) < 4.78 is 5.09. The summed E-state index contributed by atoms with van der Waals surface area (Å²) in [6.45, 7) is 8.07. The normalized spacial score (nSPS) is 11.8. The van der Waals surface area contributed by atoms with Gasteiger partial charge in [0.25, 0.3) is 0 Å². The molecule has 0 aliphatic rings. The molecule has 0 aliphatic heterocycles. The molecule has 90 valence electrons. The second-order valence-electron chi connectivity index (χ2n) is 4.63. The molecule has 0 atom stereocenters. The van der Waals surface area contributed by atoms with Crippen LogP contribution in [0.3, 0.4) is 0 Å². The van der Waals surface area contributed by atoms with E-state index in [-0.39, 0.29) is 5.41 Å². The molecule has 0 saturated carbocycles. The maximum Gasteiger partial charge on any atom is 0.139 e. The molecule has 0 N–H and O–H groups in total. The van der Waals surface area contributed by atoms with E-state index in [2.05, 4.69) is 19.0 Å². The molecule has 3 heteroatoms. The molecular formula is C13H21NO2. The van der Waals surface area contributed by atoms with E-state index >= 15 is 0 Å². The highest BCUT2D eigenvalue weighted by Gasteiger charge is 2.28. The second kappa shape index (κ2) is 5.28. The van der Waals surface area contributed by atoms with Gasteiger partial charge in [0.2, 0.25) is 0 Å². The Morgan fingerprint density at radius 1 is 1.44 bits per heavy atom. The first-order valence-electron chi connectivity index (χ1n) is 5.97. The first-order chi connectivity index (χ1) is 7.51. The number of carbonyl (C=O) groups excluding carboxylic acids is 1. The van der Waals surface area contributed by atoms with Gasteiger partial charge in [-0.3, -0.25) is 4.79 Å². The van der Waals surface area contributed by atoms with Crippen molar-refractivity contribution in [2.45, 2.75) is 53.4 Å². The van der Waals surface area contributed by atoms with Crippen molar-refractivity contribution in [2.75, 3.05) is 0 Å². The van der Waals surface area contributed by atoms with Crippen molar-refractivity contribution in [3.8, 4) is 0 Å². The molecule has 0 spiro atoms. The molecule has 1 heterocycles. The van der Waals surface area contributed by atoms with Crippen molar-refractivity contribution < 1.29 is 9.32 Å². The van der Waals surface area contributed by atoms with Gasteiger partial charge in [-0.25, -0.2) is 0 Å². The minimum Gasteiger partial charge on any atom is -0.361 e. The molecule has 0 amide bonds. The first-order valence-corrected chi connectivity index (χ1v) is 5.97. The van der Waals surface area contributed by atoms with E-state index in [9.17, 15) is 4.79 Å². The molecule has 0 unspecified atom stereocenters. The summed E-state index contributed by atoms with van der Waals surface area (Å²) in [6, 6.07) is 1.89. The van der Waals surface area contributed by atoms with Crippen LogP contribution in [0, 0.1) is 12.3 Å². The van der Waals surface area contributed by atoms with Gasteiger partial charge in [0.15, 0.2) is 0 Å². The Morgan fingerprint density at radius 2 is 2.06 bits per heavy atom. The van der Waals surface area contributed by atoms with E-state index < -0.39 is 0 Å². The fourth-order valence-corrected chi connectivity index (χ4v) is 1.72. The van der Waals surface area contributed by atoms with Gasteiger partial charge < -0.3 is 4.52 Å². The lowest BCUT2D eigenvalue weighted by Crippen LogP contribution is -2.26. The highest BCUT2D eigenvalue weighted by Crippen LogP contribution is 2.28. The Labute approximate surface area is 97.2 Å². The van der Waals surface area contributed by atoms with Gasteiger partial charge in [-0.15, -0.1) is 0 Å². The molecule has 3 nitrogen and oxygen atoms in total. The van der Waals surface area contributed by atoms with E-state index in [1.54, 1.807) is 0 Å². The summed E-state index contributed by atoms with van der Waals surface area (Å²) in [5.41, 5.74) is 0.700. The van der Waals surface area contributed by atoms with Gasteiger partial charge in [-0.1, -0.05) is 25.9 Å². The van der Waals surface area contributed by atoms with E-state index in [0.29, 0.717) is 18.6 Å². The van der Waals surface area contributed by atoms with Gasteiger partial charge in [0, 0.05) is 24.3 Å². The summed E-state index contributed by atoms with van der Waals surface area (Å²) in [5, 5.41) is 3.81. The molecule has 16 heavy (non-hydrogen) atoms. The van der Waals surface area contributed by atoms with Crippen LogP contribution in [0.15, 0.2) is 10.6 Å². The van der Waals surface area contributed by atoms with Crippen LogP contribution >= 0.6 is 0 Å². The number of nitrogens with zero attached hydrogens (tertiary/aromatic N) is 1. The number of carbonyl (C=O) groups is 1. The minimum atomic E-state index is -0.172. The lowest BCUT2D eigenvalue weighted by molar-refractivity contribution is -0.128. The molecule has 0 bridgehead atoms. The van der Waals surface area contributed by atoms with Crippen LogP contribution in [-0.2, 0) is 11.2 Å². The molecule has 0 fully saturated rings. The molecule has 0 aromatic carbocycles. The predicted molar refractivity (Wildman–Crippen MR) is 63.3 cm³/mol. The lowest BCUT2D eigenvalue weighted by Gasteiger charge is -2.24. The number of aryl methyl sites for hydroxylation is 2. The third-order valence-electron chi connectivity index (χ3n) is 3.51. The number of rotatable bonds is 6. The lowest BCUT2D eigenvalue weighted by atomic mass is 9.79. The Balaban J connectivity index is 2.52. The minimum absolute atomic E-state index is 0.172. The topological polar surface area (TPSA) is 43.1 Å². The van der Waals surface area contributed by atoms with Crippen LogP contribution in [0.5, 0.6) is 0 Å². The van der Waals surface area contributed by atoms with Crippen LogP contribution in [-0.4, -0.2) is 10.9 Å². The van der Waals surface area contributed by atoms with Crippen LogP contribution in [0.25, 0.3) is 0 Å². The van der Waals surface area contributed by atoms with Crippen LogP contribution in [0.2, 0.25) is 0 Å². The summed E-state index contributed by atoms with van der Waals surface area (Å²) in [7, 11) is 0. The smallest absolute Gasteiger partial charge is 0.139 e. The number of Topliss-reactive ketones (excluding diaryl/α,β-unsaturated/α-hetero) is 1. The average molecular weight is 223 g/mol. The maximum absolute atomic E-state index is 12.0. The van der Waals surface area contributed by atoms with Gasteiger partial charge in [-0.2, -0.15) is 0 Å². The van der Waals surface area contributed by atoms with Crippen molar-refractivity contribution >= 4 is 5.78 Å². The fraction of sp³-hybridized carbons (Fsp3) is 0.692. The zero-order chi connectivity index (χ0) is 12.2. The Bertz CT molecular complexity index is 351. The molecule has 1 rings (SSSR count). The number of hydrogen-bond donors (Lipinski definition) is 0. The Kier molecular flexibility index (Phi) is 4.27. The summed E-state index contributed by atoms with van der Waals surface area (Å²) >= 11 is 0. The van der Waals surface area contributed by atoms with Crippen LogP contribution in [0.4, 0.5) is 0 Å². The fourth-order valence-electron chi connectivity index (χ4n) is 1.72. The zero-order valence-corrected chi connectivity index (χ0v) is 10.7. The number of ketones is 1. The first kappa shape index (κ1) is 12.9. The van der Waals surface area contributed by atoms with Crippen molar-refractivity contribution in [1.82, 2.24) is 5.16 Å². The van der Waals surface area contributed by atoms with Gasteiger partial charge in [0.05, 0.1) is 5.69 Å². The molecule has 0 radical (unpaired) electrons. The summed E-state index contributed by atoms with van der Waals surface area (Å²) in [6.07, 6.45) is 3.01.